The molecule has 0 atom stereocenters. The monoisotopic (exact) mass is 297 g/mol. The summed E-state index contributed by atoms with van der Waals surface area (Å²) in [6.07, 6.45) is 3.55. The number of para-hydroxylation sites is 1. The molecule has 0 bridgehead atoms. The summed E-state index contributed by atoms with van der Waals surface area (Å²) in [5.41, 5.74) is 3.57. The van der Waals surface area contributed by atoms with Gasteiger partial charge in [-0.15, -0.1) is 0 Å². The molecule has 0 unspecified atom stereocenters. The van der Waals surface area contributed by atoms with E-state index in [-0.39, 0.29) is 0 Å². The van der Waals surface area contributed by atoms with Crippen molar-refractivity contribution in [1.82, 2.24) is 14.8 Å². The smallest absolute Gasteiger partial charge is 0.0589 e. The first-order chi connectivity index (χ1) is 10.8. The molecule has 0 fully saturated rings. The van der Waals surface area contributed by atoms with Gasteiger partial charge in [0.1, 0.15) is 0 Å². The largest absolute Gasteiger partial charge is 0.338 e. The van der Waals surface area contributed by atoms with Gasteiger partial charge in [-0.3, -0.25) is 0 Å². The molecule has 0 radical (unpaired) electrons. The van der Waals surface area contributed by atoms with E-state index in [9.17, 15) is 0 Å². The molecule has 3 aromatic rings. The molecule has 0 saturated carbocycles. The highest BCUT2D eigenvalue weighted by Gasteiger charge is 2.12. The maximum absolute atomic E-state index is 3.97. The fraction of sp³-hybridized carbons (Fsp3) is 0.368. The molecule has 3 heteroatoms. The number of hydrogen-bond acceptors (Lipinski definition) is 2. The molecule has 1 aromatic carbocycles. The Bertz CT molecular complexity index is 669. The summed E-state index contributed by atoms with van der Waals surface area (Å²) in [6.45, 7) is 12.4. The lowest BCUT2D eigenvalue weighted by molar-refractivity contribution is 0.628. The lowest BCUT2D eigenvalue weighted by atomic mass is 10.2. The number of nitrogens with zero attached hydrogens (tertiary/aromatic N) is 3. The van der Waals surface area contributed by atoms with Gasteiger partial charge in [-0.05, 0) is 32.0 Å². The normalized spacial score (nSPS) is 9.77. The minimum absolute atomic E-state index is 0.410. The van der Waals surface area contributed by atoms with Gasteiger partial charge < -0.3 is 4.57 Å². The van der Waals surface area contributed by atoms with Crippen LogP contribution < -0.4 is 0 Å². The summed E-state index contributed by atoms with van der Waals surface area (Å²) >= 11 is 0. The van der Waals surface area contributed by atoms with E-state index in [0.29, 0.717) is 6.04 Å². The Kier molecular flexibility index (Phi) is 7.30. The van der Waals surface area contributed by atoms with E-state index in [0.717, 1.165) is 5.56 Å². The zero-order chi connectivity index (χ0) is 16.5. The third kappa shape index (κ3) is 3.73. The Balaban J connectivity index is 0.000000561. The van der Waals surface area contributed by atoms with Crippen LogP contribution in [0.1, 0.15) is 47.6 Å². The van der Waals surface area contributed by atoms with Crippen LogP contribution in [0.3, 0.4) is 0 Å². The molecule has 2 aromatic heterocycles. The highest BCUT2D eigenvalue weighted by Crippen LogP contribution is 2.30. The number of rotatable bonds is 2. The zero-order valence-corrected chi connectivity index (χ0v) is 14.5. The van der Waals surface area contributed by atoms with Gasteiger partial charge in [-0.1, -0.05) is 45.9 Å². The third-order valence-corrected chi connectivity index (χ3v) is 3.14. The topological polar surface area (TPSA) is 30.7 Å². The maximum Gasteiger partial charge on any atom is 0.0589 e. The second-order valence-electron chi connectivity index (χ2n) is 4.68. The second-order valence-corrected chi connectivity index (χ2v) is 4.68. The van der Waals surface area contributed by atoms with E-state index >= 15 is 0 Å². The average Bonchev–Trinajstić information content (AvgIpc) is 2.99. The van der Waals surface area contributed by atoms with Crippen molar-refractivity contribution in [2.75, 3.05) is 0 Å². The van der Waals surface area contributed by atoms with Crippen molar-refractivity contribution in [1.29, 1.82) is 0 Å². The Morgan fingerprint density at radius 2 is 1.59 bits per heavy atom. The highest BCUT2D eigenvalue weighted by atomic mass is 15.1. The van der Waals surface area contributed by atoms with Crippen LogP contribution in [0.25, 0.3) is 22.2 Å². The Morgan fingerprint density at radius 3 is 2.18 bits per heavy atom. The van der Waals surface area contributed by atoms with Gasteiger partial charge >= 0.3 is 0 Å². The van der Waals surface area contributed by atoms with Crippen LogP contribution in [-0.4, -0.2) is 14.8 Å². The van der Waals surface area contributed by atoms with Gasteiger partial charge in [-0.2, -0.15) is 10.2 Å². The third-order valence-electron chi connectivity index (χ3n) is 3.14. The van der Waals surface area contributed by atoms with E-state index in [1.165, 1.54) is 16.6 Å². The van der Waals surface area contributed by atoms with Gasteiger partial charge in [-0.25, -0.2) is 0 Å². The Labute approximate surface area is 134 Å². The quantitative estimate of drug-likeness (QED) is 0.604. The van der Waals surface area contributed by atoms with Crippen molar-refractivity contribution >= 4 is 10.9 Å². The van der Waals surface area contributed by atoms with Crippen molar-refractivity contribution in [2.45, 2.75) is 47.6 Å². The minimum Gasteiger partial charge on any atom is -0.338 e. The molecule has 0 saturated heterocycles. The summed E-state index contributed by atoms with van der Waals surface area (Å²) in [6, 6.07) is 13.1. The van der Waals surface area contributed by atoms with Gasteiger partial charge in [0.05, 0.1) is 18.1 Å². The van der Waals surface area contributed by atoms with Crippen molar-refractivity contribution in [3.63, 3.8) is 0 Å². The molecule has 0 aliphatic heterocycles. The molecule has 3 nitrogen and oxygen atoms in total. The first kappa shape index (κ1) is 17.9. The molecule has 3 rings (SSSR count). The van der Waals surface area contributed by atoms with E-state index in [1.54, 1.807) is 6.20 Å². The van der Waals surface area contributed by atoms with Crippen LogP contribution in [0.15, 0.2) is 48.8 Å². The molecule has 118 valence electrons. The molecule has 0 N–H and O–H groups in total. The second kappa shape index (κ2) is 8.98. The van der Waals surface area contributed by atoms with Gasteiger partial charge in [0, 0.05) is 22.5 Å². The van der Waals surface area contributed by atoms with E-state index in [2.05, 4.69) is 58.9 Å². The van der Waals surface area contributed by atoms with Gasteiger partial charge in [0.15, 0.2) is 0 Å². The fourth-order valence-electron chi connectivity index (χ4n) is 2.40. The summed E-state index contributed by atoms with van der Waals surface area (Å²) in [5, 5.41) is 9.07. The summed E-state index contributed by atoms with van der Waals surface area (Å²) in [5.74, 6) is 0. The SMILES string of the molecule is CC.CC.CC(C)n1c(-c2ccnnc2)cc2ccccc21. The highest BCUT2D eigenvalue weighted by molar-refractivity contribution is 5.87. The van der Waals surface area contributed by atoms with Crippen LogP contribution in [0.5, 0.6) is 0 Å². The molecule has 0 aliphatic rings. The molecule has 0 spiro atoms. The van der Waals surface area contributed by atoms with Crippen LogP contribution >= 0.6 is 0 Å². The Morgan fingerprint density at radius 1 is 0.909 bits per heavy atom. The van der Waals surface area contributed by atoms with Crippen molar-refractivity contribution in [3.05, 3.63) is 48.8 Å². The Hall–Kier alpha value is -2.16. The molecule has 0 amide bonds. The van der Waals surface area contributed by atoms with Crippen molar-refractivity contribution in [2.24, 2.45) is 0 Å². The van der Waals surface area contributed by atoms with E-state index in [1.807, 2.05) is 40.0 Å². The summed E-state index contributed by atoms with van der Waals surface area (Å²) in [7, 11) is 0. The zero-order valence-electron chi connectivity index (χ0n) is 14.5. The number of aromatic nitrogens is 3. The first-order valence-electron chi connectivity index (χ1n) is 8.14. The standard InChI is InChI=1S/C15H15N3.2C2H6/c1-11(2)18-14-6-4-3-5-12(14)9-15(18)13-7-8-16-17-10-13;2*1-2/h3-11H,1-2H3;2*1-2H3. The molecular formula is C19H27N3. The van der Waals surface area contributed by atoms with E-state index < -0.39 is 0 Å². The number of fused-ring (bicyclic) bond motifs is 1. The van der Waals surface area contributed by atoms with Crippen LogP contribution in [0.2, 0.25) is 0 Å². The maximum atomic E-state index is 3.97. The lowest BCUT2D eigenvalue weighted by Crippen LogP contribution is -2.02. The van der Waals surface area contributed by atoms with Crippen LogP contribution in [0.4, 0.5) is 0 Å². The van der Waals surface area contributed by atoms with Crippen LogP contribution in [0, 0.1) is 0 Å². The number of hydrogen-bond donors (Lipinski definition) is 0. The lowest BCUT2D eigenvalue weighted by Gasteiger charge is -2.14. The van der Waals surface area contributed by atoms with Gasteiger partial charge in [0.25, 0.3) is 0 Å². The molecule has 2 heterocycles. The van der Waals surface area contributed by atoms with Crippen molar-refractivity contribution < 1.29 is 0 Å². The predicted molar refractivity (Wildman–Crippen MR) is 96.0 cm³/mol. The molecule has 22 heavy (non-hydrogen) atoms. The predicted octanol–water partition coefficient (Wildman–Crippen LogP) is 5.73. The van der Waals surface area contributed by atoms with E-state index in [4.69, 9.17) is 0 Å². The number of benzene rings is 1. The fourth-order valence-corrected chi connectivity index (χ4v) is 2.40. The van der Waals surface area contributed by atoms with Crippen LogP contribution in [-0.2, 0) is 0 Å². The molecular weight excluding hydrogens is 270 g/mol. The molecule has 0 aliphatic carbocycles. The van der Waals surface area contributed by atoms with Crippen molar-refractivity contribution in [3.8, 4) is 11.3 Å². The summed E-state index contributed by atoms with van der Waals surface area (Å²) in [4.78, 5) is 0. The summed E-state index contributed by atoms with van der Waals surface area (Å²) < 4.78 is 2.34. The average molecular weight is 297 g/mol. The first-order valence-corrected chi connectivity index (χ1v) is 8.14. The minimum atomic E-state index is 0.410. The van der Waals surface area contributed by atoms with Gasteiger partial charge in [0.2, 0.25) is 0 Å².